The number of amides is 4. The van der Waals surface area contributed by atoms with Gasteiger partial charge in [-0.1, -0.05) is 6.92 Å². The first-order chi connectivity index (χ1) is 13.9. The predicted octanol–water partition coefficient (Wildman–Crippen LogP) is 1.86. The first kappa shape index (κ1) is 26.4. The average Bonchev–Trinajstić information content (AvgIpc) is 2.90. The van der Waals surface area contributed by atoms with Crippen LogP contribution in [0.5, 0.6) is 0 Å². The monoisotopic (exact) mass is 443 g/mol. The molecule has 1 saturated heterocycles. The van der Waals surface area contributed by atoms with Gasteiger partial charge in [0.15, 0.2) is 0 Å². The summed E-state index contributed by atoms with van der Waals surface area (Å²) in [6.07, 6.45) is 1.91. The number of carbonyl (C=O) groups is 4. The predicted molar refractivity (Wildman–Crippen MR) is 118 cm³/mol. The van der Waals surface area contributed by atoms with Gasteiger partial charge in [-0.2, -0.15) is 0 Å². The van der Waals surface area contributed by atoms with E-state index < -0.39 is 11.1 Å². The van der Waals surface area contributed by atoms with E-state index in [1.54, 1.807) is 7.05 Å². The summed E-state index contributed by atoms with van der Waals surface area (Å²) < 4.78 is 5.91. The lowest BCUT2D eigenvalue weighted by atomic mass is 9.99. The molecule has 1 atom stereocenters. The number of nitrogens with one attached hydrogen (secondary N) is 2. The molecule has 172 valence electrons. The van der Waals surface area contributed by atoms with E-state index in [4.69, 9.17) is 4.74 Å². The first-order valence-electron chi connectivity index (χ1n) is 10.5. The number of thioether (sulfide) groups is 1. The molecule has 1 rings (SSSR count). The molecular formula is C21H37N3O5S. The Hall–Kier alpha value is -1.61. The second-order valence-electron chi connectivity index (χ2n) is 8.75. The molecule has 30 heavy (non-hydrogen) atoms. The molecule has 4 amide bonds. The van der Waals surface area contributed by atoms with Gasteiger partial charge in [-0.3, -0.25) is 24.1 Å². The highest BCUT2D eigenvalue weighted by molar-refractivity contribution is 8.00. The Morgan fingerprint density at radius 2 is 1.80 bits per heavy atom. The number of hydrogen-bond donors (Lipinski definition) is 2. The van der Waals surface area contributed by atoms with E-state index in [-0.39, 0.29) is 48.3 Å². The highest BCUT2D eigenvalue weighted by Crippen LogP contribution is 2.25. The van der Waals surface area contributed by atoms with Crippen molar-refractivity contribution in [1.29, 1.82) is 0 Å². The molecule has 0 bridgehead atoms. The minimum Gasteiger partial charge on any atom is -0.375 e. The Bertz CT molecular complexity index is 636. The molecular weight excluding hydrogens is 406 g/mol. The summed E-state index contributed by atoms with van der Waals surface area (Å²) in [6, 6.07) is 0. The van der Waals surface area contributed by atoms with Crippen molar-refractivity contribution >= 4 is 35.4 Å². The lowest BCUT2D eigenvalue weighted by Gasteiger charge is -2.30. The smallest absolute Gasteiger partial charge is 0.242 e. The van der Waals surface area contributed by atoms with E-state index in [1.165, 1.54) is 16.7 Å². The zero-order chi connectivity index (χ0) is 22.9. The topological polar surface area (TPSA) is 105 Å². The minimum absolute atomic E-state index is 0.0196. The fourth-order valence-corrected chi connectivity index (χ4v) is 4.06. The van der Waals surface area contributed by atoms with E-state index in [0.717, 1.165) is 5.75 Å². The van der Waals surface area contributed by atoms with Crippen LogP contribution in [0.1, 0.15) is 66.7 Å². The average molecular weight is 444 g/mol. The third-order valence-corrected chi connectivity index (χ3v) is 6.17. The van der Waals surface area contributed by atoms with Crippen LogP contribution in [0, 0.1) is 0 Å². The van der Waals surface area contributed by atoms with E-state index in [9.17, 15) is 19.2 Å². The van der Waals surface area contributed by atoms with E-state index >= 15 is 0 Å². The maximum Gasteiger partial charge on any atom is 0.242 e. The van der Waals surface area contributed by atoms with Gasteiger partial charge in [0, 0.05) is 45.0 Å². The van der Waals surface area contributed by atoms with Gasteiger partial charge >= 0.3 is 0 Å². The van der Waals surface area contributed by atoms with Gasteiger partial charge in [0.05, 0.1) is 10.9 Å². The third kappa shape index (κ3) is 9.04. The number of likely N-dealkylation sites (tertiary alicyclic amines) is 1. The van der Waals surface area contributed by atoms with E-state index in [0.29, 0.717) is 25.9 Å². The van der Waals surface area contributed by atoms with Gasteiger partial charge in [0.25, 0.3) is 0 Å². The first-order valence-corrected chi connectivity index (χ1v) is 11.6. The molecule has 0 spiro atoms. The van der Waals surface area contributed by atoms with Crippen molar-refractivity contribution in [3.63, 3.8) is 0 Å². The Morgan fingerprint density at radius 3 is 2.40 bits per heavy atom. The highest BCUT2D eigenvalue weighted by Gasteiger charge is 2.38. The molecule has 9 heteroatoms. The fraction of sp³-hybridized carbons (Fsp3) is 0.810. The zero-order valence-electron chi connectivity index (χ0n) is 19.1. The van der Waals surface area contributed by atoms with Crippen LogP contribution in [0.15, 0.2) is 0 Å². The van der Waals surface area contributed by atoms with Gasteiger partial charge in [-0.25, -0.2) is 0 Å². The van der Waals surface area contributed by atoms with E-state index in [2.05, 4.69) is 10.6 Å². The van der Waals surface area contributed by atoms with Crippen LogP contribution in [-0.2, 0) is 23.9 Å². The summed E-state index contributed by atoms with van der Waals surface area (Å²) in [6.45, 7) is 10.2. The summed E-state index contributed by atoms with van der Waals surface area (Å²) in [5.41, 5.74) is -0.927. The number of carbonyl (C=O) groups excluding carboxylic acids is 4. The maximum atomic E-state index is 12.4. The molecule has 1 heterocycles. The second-order valence-corrected chi connectivity index (χ2v) is 10.2. The Kier molecular flexibility index (Phi) is 10.3. The Labute approximate surface area is 184 Å². The molecule has 0 aromatic heterocycles. The molecule has 0 aromatic carbocycles. The maximum absolute atomic E-state index is 12.4. The van der Waals surface area contributed by atoms with Crippen LogP contribution in [0.3, 0.4) is 0 Å². The SMILES string of the molecule is CCSC1CC(=O)N(CCC(=O)NC(C)(C)CCOC(C)(C)CCC(=O)NC)C1=O. The van der Waals surface area contributed by atoms with Crippen molar-refractivity contribution in [1.82, 2.24) is 15.5 Å². The summed E-state index contributed by atoms with van der Waals surface area (Å²) in [5.74, 6) is 0.160. The molecule has 0 aliphatic carbocycles. The van der Waals surface area contributed by atoms with Crippen LogP contribution < -0.4 is 10.6 Å². The van der Waals surface area contributed by atoms with Gasteiger partial charge < -0.3 is 15.4 Å². The number of nitrogens with zero attached hydrogens (tertiary/aromatic N) is 1. The molecule has 8 nitrogen and oxygen atoms in total. The summed E-state index contributed by atoms with van der Waals surface area (Å²) >= 11 is 1.47. The van der Waals surface area contributed by atoms with Crippen LogP contribution in [0.25, 0.3) is 0 Å². The van der Waals surface area contributed by atoms with Crippen molar-refractivity contribution < 1.29 is 23.9 Å². The molecule has 2 N–H and O–H groups in total. The largest absolute Gasteiger partial charge is 0.375 e. The van der Waals surface area contributed by atoms with Crippen molar-refractivity contribution in [2.45, 2.75) is 83.1 Å². The number of imide groups is 1. The van der Waals surface area contributed by atoms with Crippen molar-refractivity contribution in [2.24, 2.45) is 0 Å². The van der Waals surface area contributed by atoms with Crippen LogP contribution in [0.2, 0.25) is 0 Å². The molecule has 1 aliphatic rings. The van der Waals surface area contributed by atoms with Gasteiger partial charge in [0.2, 0.25) is 23.6 Å². The number of ether oxygens (including phenoxy) is 1. The summed E-state index contributed by atoms with van der Waals surface area (Å²) in [7, 11) is 1.61. The molecule has 0 radical (unpaired) electrons. The molecule has 1 aliphatic heterocycles. The molecule has 0 aromatic rings. The van der Waals surface area contributed by atoms with Crippen LogP contribution in [0.4, 0.5) is 0 Å². The number of hydrogen-bond acceptors (Lipinski definition) is 6. The van der Waals surface area contributed by atoms with Crippen molar-refractivity contribution in [2.75, 3.05) is 26.0 Å². The van der Waals surface area contributed by atoms with E-state index in [1.807, 2.05) is 34.6 Å². The zero-order valence-corrected chi connectivity index (χ0v) is 19.9. The lowest BCUT2D eigenvalue weighted by Crippen LogP contribution is -2.46. The quantitative estimate of drug-likeness (QED) is 0.421. The summed E-state index contributed by atoms with van der Waals surface area (Å²) in [5, 5.41) is 5.24. The molecule has 1 fully saturated rings. The van der Waals surface area contributed by atoms with Crippen LogP contribution in [-0.4, -0.2) is 70.9 Å². The molecule has 1 unspecified atom stereocenters. The highest BCUT2D eigenvalue weighted by atomic mass is 32.2. The fourth-order valence-electron chi connectivity index (χ4n) is 3.13. The van der Waals surface area contributed by atoms with Crippen molar-refractivity contribution in [3.05, 3.63) is 0 Å². The van der Waals surface area contributed by atoms with Crippen molar-refractivity contribution in [3.8, 4) is 0 Å². The summed E-state index contributed by atoms with van der Waals surface area (Å²) in [4.78, 5) is 49.3. The minimum atomic E-state index is -0.492. The molecule has 0 saturated carbocycles. The normalized spacial score (nSPS) is 17.4. The van der Waals surface area contributed by atoms with Gasteiger partial charge in [-0.15, -0.1) is 11.8 Å². The van der Waals surface area contributed by atoms with Gasteiger partial charge in [-0.05, 0) is 46.3 Å². The number of rotatable bonds is 13. The third-order valence-electron chi connectivity index (χ3n) is 5.06. The van der Waals surface area contributed by atoms with Crippen LogP contribution >= 0.6 is 11.8 Å². The lowest BCUT2D eigenvalue weighted by molar-refractivity contribution is -0.138. The second kappa shape index (κ2) is 11.7. The Balaban J connectivity index is 2.39. The Morgan fingerprint density at radius 1 is 1.13 bits per heavy atom. The van der Waals surface area contributed by atoms with Gasteiger partial charge in [0.1, 0.15) is 0 Å². The standard InChI is InChI=1S/C21H37N3O5S/c1-7-30-15-14-18(27)24(19(15)28)12-9-17(26)23-20(2,3)11-13-29-21(4,5)10-8-16(25)22-6/h15H,7-14H2,1-6H3,(H,22,25)(H,23,26).